The Morgan fingerprint density at radius 2 is 1.68 bits per heavy atom. The third kappa shape index (κ3) is 6.26. The predicted octanol–water partition coefficient (Wildman–Crippen LogP) is 2.19. The molecule has 4 amide bonds. The molecule has 9 nitrogen and oxygen atoms in total. The molecule has 0 aliphatic carbocycles. The number of amides is 4. The molecular weight excluding hydrogens is 436 g/mol. The van der Waals surface area contributed by atoms with Gasteiger partial charge in [0, 0.05) is 50.9 Å². The topological polar surface area (TPSA) is 100 Å². The van der Waals surface area contributed by atoms with Crippen molar-refractivity contribution >= 4 is 23.5 Å². The largest absolute Gasteiger partial charge is 0.486 e. The third-order valence-electron chi connectivity index (χ3n) is 6.04. The number of aryl methyl sites for hydroxylation is 1. The number of carbonyl (C=O) groups excluding carboxylic acids is 3. The van der Waals surface area contributed by atoms with Gasteiger partial charge in [-0.25, -0.2) is 4.79 Å². The van der Waals surface area contributed by atoms with E-state index in [4.69, 9.17) is 9.47 Å². The van der Waals surface area contributed by atoms with Crippen LogP contribution in [0, 0.1) is 6.92 Å². The standard InChI is InChI=1S/C25H30N4O5/c1-18-4-2-3-5-19(18)16-24(31)29-12-10-28(11-13-29)9-8-23(30)27-25(32)26-20-6-7-21-22(17-20)34-15-14-33-21/h2-7,17H,8-16H2,1H3,(H2,26,27,30,32). The SMILES string of the molecule is Cc1ccccc1CC(=O)N1CCN(CCC(=O)NC(=O)Nc2ccc3c(c2)OCCO3)CC1. The highest BCUT2D eigenvalue weighted by atomic mass is 16.6. The van der Waals surface area contributed by atoms with Crippen LogP contribution < -0.4 is 20.1 Å². The van der Waals surface area contributed by atoms with Crippen molar-refractivity contribution in [2.24, 2.45) is 0 Å². The first kappa shape index (κ1) is 23.6. The van der Waals surface area contributed by atoms with E-state index in [0.717, 1.165) is 11.1 Å². The summed E-state index contributed by atoms with van der Waals surface area (Å²) in [6, 6.07) is 12.4. The highest BCUT2D eigenvalue weighted by Crippen LogP contribution is 2.32. The number of piperazine rings is 1. The van der Waals surface area contributed by atoms with E-state index in [1.54, 1.807) is 18.2 Å². The monoisotopic (exact) mass is 466 g/mol. The van der Waals surface area contributed by atoms with Gasteiger partial charge >= 0.3 is 6.03 Å². The fourth-order valence-corrected chi connectivity index (χ4v) is 4.04. The van der Waals surface area contributed by atoms with Crippen LogP contribution in [0.4, 0.5) is 10.5 Å². The van der Waals surface area contributed by atoms with Gasteiger partial charge in [0.15, 0.2) is 11.5 Å². The van der Waals surface area contributed by atoms with Crippen LogP contribution in [0.3, 0.4) is 0 Å². The molecule has 4 rings (SSSR count). The molecule has 2 N–H and O–H groups in total. The molecule has 0 bridgehead atoms. The van der Waals surface area contributed by atoms with Crippen molar-refractivity contribution in [3.8, 4) is 11.5 Å². The molecule has 2 aromatic rings. The molecule has 0 radical (unpaired) electrons. The number of nitrogens with zero attached hydrogens (tertiary/aromatic N) is 2. The van der Waals surface area contributed by atoms with Crippen LogP contribution in [0.5, 0.6) is 11.5 Å². The van der Waals surface area contributed by atoms with Gasteiger partial charge in [-0.15, -0.1) is 0 Å². The minimum atomic E-state index is -0.590. The summed E-state index contributed by atoms with van der Waals surface area (Å²) in [5.74, 6) is 0.966. The summed E-state index contributed by atoms with van der Waals surface area (Å²) in [6.45, 7) is 6.18. The van der Waals surface area contributed by atoms with Crippen molar-refractivity contribution in [3.05, 3.63) is 53.6 Å². The van der Waals surface area contributed by atoms with Crippen molar-refractivity contribution in [2.45, 2.75) is 19.8 Å². The van der Waals surface area contributed by atoms with Gasteiger partial charge in [-0.3, -0.25) is 19.8 Å². The number of hydrogen-bond acceptors (Lipinski definition) is 6. The van der Waals surface area contributed by atoms with Crippen molar-refractivity contribution in [1.29, 1.82) is 0 Å². The summed E-state index contributed by atoms with van der Waals surface area (Å²) in [5.41, 5.74) is 2.70. The number of urea groups is 1. The Labute approximate surface area is 199 Å². The first-order valence-corrected chi connectivity index (χ1v) is 11.5. The molecule has 180 valence electrons. The fraction of sp³-hybridized carbons (Fsp3) is 0.400. The second-order valence-electron chi connectivity index (χ2n) is 8.44. The molecule has 34 heavy (non-hydrogen) atoms. The summed E-state index contributed by atoms with van der Waals surface area (Å²) >= 11 is 0. The van der Waals surface area contributed by atoms with Crippen LogP contribution >= 0.6 is 0 Å². The van der Waals surface area contributed by atoms with Crippen LogP contribution in [0.2, 0.25) is 0 Å². The quantitative estimate of drug-likeness (QED) is 0.677. The highest BCUT2D eigenvalue weighted by Gasteiger charge is 2.22. The van der Waals surface area contributed by atoms with E-state index in [2.05, 4.69) is 15.5 Å². The molecule has 0 saturated carbocycles. The highest BCUT2D eigenvalue weighted by molar-refractivity contribution is 6.01. The zero-order valence-corrected chi connectivity index (χ0v) is 19.3. The Hall–Kier alpha value is -3.59. The van der Waals surface area contributed by atoms with Crippen molar-refractivity contribution < 1.29 is 23.9 Å². The summed E-state index contributed by atoms with van der Waals surface area (Å²) < 4.78 is 11.0. The molecule has 2 aliphatic rings. The zero-order chi connectivity index (χ0) is 23.9. The number of fused-ring (bicyclic) bond motifs is 1. The summed E-state index contributed by atoms with van der Waals surface area (Å²) in [5, 5.41) is 4.99. The Bertz CT molecular complexity index is 1050. The van der Waals surface area contributed by atoms with Gasteiger partial charge in [-0.05, 0) is 30.2 Å². The van der Waals surface area contributed by atoms with Gasteiger partial charge in [-0.1, -0.05) is 24.3 Å². The number of benzene rings is 2. The molecule has 0 aromatic heterocycles. The molecular formula is C25H30N4O5. The van der Waals surface area contributed by atoms with Crippen LogP contribution in [-0.4, -0.2) is 73.6 Å². The Kier molecular flexibility index (Phi) is 7.64. The smallest absolute Gasteiger partial charge is 0.325 e. The Morgan fingerprint density at radius 3 is 2.44 bits per heavy atom. The van der Waals surface area contributed by atoms with E-state index in [0.29, 0.717) is 69.5 Å². The molecule has 9 heteroatoms. The minimum absolute atomic E-state index is 0.127. The van der Waals surface area contributed by atoms with E-state index >= 15 is 0 Å². The summed E-state index contributed by atoms with van der Waals surface area (Å²) in [7, 11) is 0. The number of rotatable bonds is 6. The second kappa shape index (κ2) is 11.0. The predicted molar refractivity (Wildman–Crippen MR) is 127 cm³/mol. The Balaban J connectivity index is 1.15. The first-order valence-electron chi connectivity index (χ1n) is 11.5. The van der Waals surface area contributed by atoms with E-state index in [-0.39, 0.29) is 18.2 Å². The number of imide groups is 1. The molecule has 2 aliphatic heterocycles. The Morgan fingerprint density at radius 1 is 0.941 bits per heavy atom. The van der Waals surface area contributed by atoms with Crippen LogP contribution in [0.15, 0.2) is 42.5 Å². The lowest BCUT2D eigenvalue weighted by atomic mass is 10.1. The third-order valence-corrected chi connectivity index (χ3v) is 6.04. The van der Waals surface area contributed by atoms with Gasteiger partial charge < -0.3 is 19.7 Å². The maximum absolute atomic E-state index is 12.6. The maximum Gasteiger partial charge on any atom is 0.325 e. The average Bonchev–Trinajstić information content (AvgIpc) is 2.84. The van der Waals surface area contributed by atoms with E-state index < -0.39 is 6.03 Å². The summed E-state index contributed by atoms with van der Waals surface area (Å²) in [6.07, 6.45) is 0.610. The van der Waals surface area contributed by atoms with Crippen LogP contribution in [0.25, 0.3) is 0 Å². The molecule has 1 fully saturated rings. The lowest BCUT2D eigenvalue weighted by Crippen LogP contribution is -2.49. The van der Waals surface area contributed by atoms with E-state index in [1.807, 2.05) is 36.1 Å². The number of anilines is 1. The molecule has 0 atom stereocenters. The van der Waals surface area contributed by atoms with Gasteiger partial charge in [0.05, 0.1) is 6.42 Å². The van der Waals surface area contributed by atoms with E-state index in [1.165, 1.54) is 0 Å². The molecule has 0 spiro atoms. The van der Waals surface area contributed by atoms with Crippen LogP contribution in [-0.2, 0) is 16.0 Å². The van der Waals surface area contributed by atoms with E-state index in [9.17, 15) is 14.4 Å². The number of ether oxygens (including phenoxy) is 2. The van der Waals surface area contributed by atoms with Crippen molar-refractivity contribution in [3.63, 3.8) is 0 Å². The number of nitrogens with one attached hydrogen (secondary N) is 2. The number of hydrogen-bond donors (Lipinski definition) is 2. The van der Waals surface area contributed by atoms with Gasteiger partial charge in [0.1, 0.15) is 13.2 Å². The van der Waals surface area contributed by atoms with Gasteiger partial charge in [0.2, 0.25) is 11.8 Å². The normalized spacial score (nSPS) is 15.5. The molecule has 0 unspecified atom stereocenters. The van der Waals surface area contributed by atoms with Gasteiger partial charge in [0.25, 0.3) is 0 Å². The van der Waals surface area contributed by atoms with Crippen molar-refractivity contribution in [2.75, 3.05) is 51.3 Å². The average molecular weight is 467 g/mol. The molecule has 1 saturated heterocycles. The first-order chi connectivity index (χ1) is 16.5. The molecule has 2 heterocycles. The lowest BCUT2D eigenvalue weighted by molar-refractivity contribution is -0.132. The maximum atomic E-state index is 12.6. The lowest BCUT2D eigenvalue weighted by Gasteiger charge is -2.34. The van der Waals surface area contributed by atoms with Crippen molar-refractivity contribution in [1.82, 2.24) is 15.1 Å². The zero-order valence-electron chi connectivity index (χ0n) is 19.3. The molecule has 2 aromatic carbocycles. The summed E-state index contributed by atoms with van der Waals surface area (Å²) in [4.78, 5) is 41.0. The fourth-order valence-electron chi connectivity index (χ4n) is 4.04. The number of carbonyl (C=O) groups is 3. The minimum Gasteiger partial charge on any atom is -0.486 e. The second-order valence-corrected chi connectivity index (χ2v) is 8.44. The van der Waals surface area contributed by atoms with Gasteiger partial charge in [-0.2, -0.15) is 0 Å². The van der Waals surface area contributed by atoms with Crippen LogP contribution in [0.1, 0.15) is 17.5 Å².